The average Bonchev–Trinajstić information content (AvgIpc) is 2.01. The third-order valence-corrected chi connectivity index (χ3v) is 2.50. The monoisotopic (exact) mass is 189 g/mol. The summed E-state index contributed by atoms with van der Waals surface area (Å²) >= 11 is 0. The molecule has 0 rings (SSSR count). The Bertz CT molecular complexity index is 146. The van der Waals surface area contributed by atoms with Crippen LogP contribution in [0.25, 0.3) is 0 Å². The fraction of sp³-hybridized carbons (Fsp3) is 1.00. The Labute approximate surface area is 81.0 Å². The Balaban J connectivity index is 4.16. The van der Waals surface area contributed by atoms with E-state index < -0.39 is 11.7 Å². The minimum Gasteiger partial charge on any atom is -0.389 e. The number of hydrogen-bond donors (Lipinski definition) is 3. The lowest BCUT2D eigenvalue weighted by atomic mass is 9.87. The lowest BCUT2D eigenvalue weighted by molar-refractivity contribution is -0.0767. The highest BCUT2D eigenvalue weighted by Gasteiger charge is 2.32. The molecule has 0 aromatic carbocycles. The van der Waals surface area contributed by atoms with Crippen molar-refractivity contribution in [3.8, 4) is 0 Å². The van der Waals surface area contributed by atoms with Gasteiger partial charge in [0.15, 0.2) is 0 Å². The molecule has 3 heteroatoms. The van der Waals surface area contributed by atoms with Gasteiger partial charge in [-0.15, -0.1) is 0 Å². The molecule has 0 saturated heterocycles. The fourth-order valence-corrected chi connectivity index (χ4v) is 1.34. The maximum atomic E-state index is 9.75. The SMILES string of the molecule is CC[C@@](C)(O)[C@H](O)[C@@H](N)CC(C)C. The minimum absolute atomic E-state index is 0.338. The fourth-order valence-electron chi connectivity index (χ4n) is 1.34. The molecule has 0 aromatic heterocycles. The number of hydrogen-bond acceptors (Lipinski definition) is 3. The first kappa shape index (κ1) is 12.9. The summed E-state index contributed by atoms with van der Waals surface area (Å²) in [5.41, 5.74) is 4.71. The molecular formula is C10H23NO2. The predicted molar refractivity (Wildman–Crippen MR) is 54.4 cm³/mol. The van der Waals surface area contributed by atoms with Crippen molar-refractivity contribution in [1.82, 2.24) is 0 Å². The summed E-state index contributed by atoms with van der Waals surface area (Å²) in [7, 11) is 0. The van der Waals surface area contributed by atoms with Gasteiger partial charge in [-0.25, -0.2) is 0 Å². The van der Waals surface area contributed by atoms with Crippen LogP contribution in [-0.4, -0.2) is 28.0 Å². The molecule has 0 radical (unpaired) electrons. The topological polar surface area (TPSA) is 66.5 Å². The molecule has 0 aromatic rings. The standard InChI is InChI=1S/C10H23NO2/c1-5-10(4,13)9(12)8(11)6-7(2)3/h7-9,12-13H,5-6,11H2,1-4H3/t8-,9+,10+/m0/s1. The van der Waals surface area contributed by atoms with Crippen LogP contribution in [-0.2, 0) is 0 Å². The van der Waals surface area contributed by atoms with Gasteiger partial charge in [-0.2, -0.15) is 0 Å². The van der Waals surface area contributed by atoms with Crippen LogP contribution < -0.4 is 5.73 Å². The molecule has 80 valence electrons. The molecule has 0 heterocycles. The van der Waals surface area contributed by atoms with E-state index in [4.69, 9.17) is 5.73 Å². The van der Waals surface area contributed by atoms with E-state index in [1.807, 2.05) is 20.8 Å². The molecule has 4 N–H and O–H groups in total. The van der Waals surface area contributed by atoms with Crippen LogP contribution in [0, 0.1) is 5.92 Å². The predicted octanol–water partition coefficient (Wildman–Crippen LogP) is 0.882. The van der Waals surface area contributed by atoms with Crippen molar-refractivity contribution >= 4 is 0 Å². The second-order valence-corrected chi connectivity index (χ2v) is 4.45. The Morgan fingerprint density at radius 2 is 1.85 bits per heavy atom. The summed E-state index contributed by atoms with van der Waals surface area (Å²) in [5, 5.41) is 19.5. The summed E-state index contributed by atoms with van der Waals surface area (Å²) < 4.78 is 0. The van der Waals surface area contributed by atoms with Crippen molar-refractivity contribution in [1.29, 1.82) is 0 Å². The van der Waals surface area contributed by atoms with Gasteiger partial charge in [-0.1, -0.05) is 20.8 Å². The highest BCUT2D eigenvalue weighted by atomic mass is 16.3. The normalized spacial score (nSPS) is 21.2. The average molecular weight is 189 g/mol. The number of aliphatic hydroxyl groups excluding tert-OH is 1. The van der Waals surface area contributed by atoms with E-state index in [2.05, 4.69) is 0 Å². The molecule has 3 atom stereocenters. The van der Waals surface area contributed by atoms with Gasteiger partial charge in [0.2, 0.25) is 0 Å². The van der Waals surface area contributed by atoms with Gasteiger partial charge in [0.25, 0.3) is 0 Å². The Hall–Kier alpha value is -0.120. The van der Waals surface area contributed by atoms with Crippen LogP contribution in [0.3, 0.4) is 0 Å². The van der Waals surface area contributed by atoms with Crippen molar-refractivity contribution < 1.29 is 10.2 Å². The van der Waals surface area contributed by atoms with Crippen molar-refractivity contribution in [2.75, 3.05) is 0 Å². The van der Waals surface area contributed by atoms with Crippen molar-refractivity contribution in [3.05, 3.63) is 0 Å². The van der Waals surface area contributed by atoms with E-state index in [1.165, 1.54) is 0 Å². The summed E-state index contributed by atoms with van der Waals surface area (Å²) in [4.78, 5) is 0. The second kappa shape index (κ2) is 4.94. The summed E-state index contributed by atoms with van der Waals surface area (Å²) in [6.07, 6.45) is 0.414. The highest BCUT2D eigenvalue weighted by Crippen LogP contribution is 2.19. The molecule has 0 unspecified atom stereocenters. The Morgan fingerprint density at radius 3 is 2.15 bits per heavy atom. The van der Waals surface area contributed by atoms with Crippen molar-refractivity contribution in [2.24, 2.45) is 11.7 Å². The first-order chi connectivity index (χ1) is 5.81. The molecule has 0 saturated carbocycles. The quantitative estimate of drug-likeness (QED) is 0.601. The van der Waals surface area contributed by atoms with E-state index >= 15 is 0 Å². The van der Waals surface area contributed by atoms with E-state index in [1.54, 1.807) is 6.92 Å². The van der Waals surface area contributed by atoms with Crippen LogP contribution in [0.4, 0.5) is 0 Å². The van der Waals surface area contributed by atoms with E-state index in [0.717, 1.165) is 6.42 Å². The molecule has 0 bridgehead atoms. The molecule has 0 fully saturated rings. The first-order valence-corrected chi connectivity index (χ1v) is 4.97. The number of rotatable bonds is 5. The second-order valence-electron chi connectivity index (χ2n) is 4.45. The first-order valence-electron chi connectivity index (χ1n) is 4.97. The number of aliphatic hydroxyl groups is 2. The van der Waals surface area contributed by atoms with Crippen molar-refractivity contribution in [2.45, 2.75) is 58.3 Å². The molecule has 0 aliphatic carbocycles. The zero-order valence-electron chi connectivity index (χ0n) is 9.12. The van der Waals surface area contributed by atoms with Gasteiger partial charge in [-0.3, -0.25) is 0 Å². The molecule has 0 spiro atoms. The maximum absolute atomic E-state index is 9.75. The smallest absolute Gasteiger partial charge is 0.0974 e. The van der Waals surface area contributed by atoms with E-state index in [0.29, 0.717) is 12.3 Å². The maximum Gasteiger partial charge on any atom is 0.0974 e. The lowest BCUT2D eigenvalue weighted by Gasteiger charge is -2.32. The van der Waals surface area contributed by atoms with Gasteiger partial charge in [-0.05, 0) is 25.7 Å². The van der Waals surface area contributed by atoms with E-state index in [-0.39, 0.29) is 6.04 Å². The third-order valence-electron chi connectivity index (χ3n) is 2.50. The Morgan fingerprint density at radius 1 is 1.38 bits per heavy atom. The van der Waals surface area contributed by atoms with Gasteiger partial charge in [0.05, 0.1) is 11.7 Å². The molecular weight excluding hydrogens is 166 g/mol. The molecule has 3 nitrogen and oxygen atoms in total. The largest absolute Gasteiger partial charge is 0.389 e. The highest BCUT2D eigenvalue weighted by molar-refractivity contribution is 4.88. The van der Waals surface area contributed by atoms with Gasteiger partial charge < -0.3 is 15.9 Å². The van der Waals surface area contributed by atoms with Crippen molar-refractivity contribution in [3.63, 3.8) is 0 Å². The van der Waals surface area contributed by atoms with Gasteiger partial charge in [0, 0.05) is 6.04 Å². The molecule has 13 heavy (non-hydrogen) atoms. The lowest BCUT2D eigenvalue weighted by Crippen LogP contribution is -2.50. The summed E-state index contributed by atoms with van der Waals surface area (Å²) in [5.74, 6) is 0.442. The summed E-state index contributed by atoms with van der Waals surface area (Å²) in [6.45, 7) is 7.56. The third kappa shape index (κ3) is 4.07. The number of nitrogens with two attached hydrogens (primary N) is 1. The zero-order valence-corrected chi connectivity index (χ0v) is 9.12. The van der Waals surface area contributed by atoms with Crippen LogP contribution in [0.15, 0.2) is 0 Å². The van der Waals surface area contributed by atoms with Crippen LogP contribution in [0.2, 0.25) is 0 Å². The van der Waals surface area contributed by atoms with Crippen LogP contribution in [0.1, 0.15) is 40.5 Å². The molecule has 0 aliphatic heterocycles. The van der Waals surface area contributed by atoms with Crippen LogP contribution in [0.5, 0.6) is 0 Å². The van der Waals surface area contributed by atoms with Gasteiger partial charge >= 0.3 is 0 Å². The van der Waals surface area contributed by atoms with E-state index in [9.17, 15) is 10.2 Å². The van der Waals surface area contributed by atoms with Gasteiger partial charge in [0.1, 0.15) is 0 Å². The van der Waals surface area contributed by atoms with Crippen LogP contribution >= 0.6 is 0 Å². The Kier molecular flexibility index (Phi) is 4.89. The molecule has 0 aliphatic rings. The molecule has 0 amide bonds. The zero-order chi connectivity index (χ0) is 10.6. The minimum atomic E-state index is -1.06. The summed E-state index contributed by atoms with van der Waals surface area (Å²) in [6, 6.07) is -0.338.